The molecule has 8 heteroatoms. The molecule has 0 heterocycles. The van der Waals surface area contributed by atoms with Gasteiger partial charge in [0.05, 0.1) is 0 Å². The van der Waals surface area contributed by atoms with Crippen molar-refractivity contribution in [2.24, 2.45) is 0 Å². The number of aryl methyl sites for hydroxylation is 1. The van der Waals surface area contributed by atoms with Gasteiger partial charge in [-0.25, -0.2) is 0 Å². The molecule has 0 fully saturated rings. The van der Waals surface area contributed by atoms with Crippen LogP contribution in [-0.2, 0) is 4.79 Å². The Hall–Kier alpha value is -0.750. The summed E-state index contributed by atoms with van der Waals surface area (Å²) in [6.07, 6.45) is 6.07. The third-order valence-electron chi connectivity index (χ3n) is 3.97. The lowest BCUT2D eigenvalue weighted by molar-refractivity contribution is -0.122. The fourth-order valence-corrected chi connectivity index (χ4v) is 3.00. The minimum absolute atomic E-state index is 0.174. The molecule has 0 saturated heterocycles. The number of rotatable bonds is 10. The van der Waals surface area contributed by atoms with Crippen molar-refractivity contribution in [1.29, 1.82) is 0 Å². The van der Waals surface area contributed by atoms with Gasteiger partial charge in [-0.05, 0) is 37.7 Å². The first kappa shape index (κ1) is 24.3. The van der Waals surface area contributed by atoms with Crippen molar-refractivity contribution in [1.82, 2.24) is 10.6 Å². The van der Waals surface area contributed by atoms with Crippen LogP contribution in [0.1, 0.15) is 57.4 Å². The molecule has 0 aromatic heterocycles. The fourth-order valence-electron chi connectivity index (χ4n) is 2.43. The van der Waals surface area contributed by atoms with E-state index in [2.05, 4.69) is 22.9 Å². The van der Waals surface area contributed by atoms with Gasteiger partial charge in [0.15, 0.2) is 5.11 Å². The van der Waals surface area contributed by atoms with E-state index in [0.717, 1.165) is 30.5 Å². The number of hydrogen-bond donors (Lipinski definition) is 3. The number of alkyl halides is 3. The highest BCUT2D eigenvalue weighted by Gasteiger charge is 2.34. The number of carbonyl (C=O) groups excluding carboxylic acids is 1. The average molecular weight is 453 g/mol. The first-order valence-corrected chi connectivity index (χ1v) is 10.8. The molecule has 0 aliphatic heterocycles. The van der Waals surface area contributed by atoms with Gasteiger partial charge < -0.3 is 16.0 Å². The molecule has 1 aromatic rings. The molecule has 1 amide bonds. The topological polar surface area (TPSA) is 53.2 Å². The van der Waals surface area contributed by atoms with Gasteiger partial charge in [0.25, 0.3) is 0 Å². The van der Waals surface area contributed by atoms with Crippen LogP contribution in [0.4, 0.5) is 5.69 Å². The molecular weight excluding hydrogens is 425 g/mol. The fraction of sp³-hybridized carbons (Fsp3) is 0.579. The van der Waals surface area contributed by atoms with E-state index in [1.54, 1.807) is 0 Å². The number of nitrogens with one attached hydrogen (secondary N) is 3. The number of unbranched alkanes of at least 4 members (excludes halogenated alkanes) is 5. The molecule has 152 valence electrons. The van der Waals surface area contributed by atoms with E-state index < -0.39 is 9.96 Å². The summed E-state index contributed by atoms with van der Waals surface area (Å²) in [5.41, 5.74) is 1.94. The van der Waals surface area contributed by atoms with Crippen molar-refractivity contribution < 1.29 is 4.79 Å². The van der Waals surface area contributed by atoms with Crippen molar-refractivity contribution in [3.8, 4) is 0 Å². The van der Waals surface area contributed by atoms with Crippen LogP contribution in [0.3, 0.4) is 0 Å². The quantitative estimate of drug-likeness (QED) is 0.180. The molecule has 1 rings (SSSR count). The van der Waals surface area contributed by atoms with Crippen molar-refractivity contribution in [2.45, 2.75) is 68.8 Å². The number of carbonyl (C=O) groups is 1. The number of amides is 1. The van der Waals surface area contributed by atoms with Crippen molar-refractivity contribution in [3.05, 3.63) is 29.8 Å². The number of halogens is 3. The summed E-state index contributed by atoms with van der Waals surface area (Å²) in [5, 5.41) is 8.84. The van der Waals surface area contributed by atoms with Gasteiger partial charge in [-0.1, -0.05) is 91.5 Å². The van der Waals surface area contributed by atoms with Gasteiger partial charge in [-0.2, -0.15) is 0 Å². The Balaban J connectivity index is 2.46. The zero-order valence-corrected chi connectivity index (χ0v) is 18.9. The molecule has 27 heavy (non-hydrogen) atoms. The molecule has 1 atom stereocenters. The lowest BCUT2D eigenvalue weighted by Gasteiger charge is -2.27. The smallest absolute Gasteiger partial charge is 0.228 e. The molecule has 0 saturated carbocycles. The standard InChI is InChI=1S/C19H28Cl3N3OS/c1-3-4-5-6-7-8-9-16(26)24-17(19(20,21)22)25-18(27)23-15-12-10-14(2)11-13-15/h10-13,17H,3-9H2,1-2H3,(H,24,26)(H2,23,25,27)/t17-/m0/s1. The highest BCUT2D eigenvalue weighted by molar-refractivity contribution is 7.80. The summed E-state index contributed by atoms with van der Waals surface area (Å²) >= 11 is 23.3. The third kappa shape index (κ3) is 11.0. The Bertz CT molecular complexity index is 591. The Labute approximate surface area is 182 Å². The van der Waals surface area contributed by atoms with E-state index in [4.69, 9.17) is 47.0 Å². The van der Waals surface area contributed by atoms with Crippen LogP contribution in [0.25, 0.3) is 0 Å². The lowest BCUT2D eigenvalue weighted by atomic mass is 10.1. The predicted molar refractivity (Wildman–Crippen MR) is 121 cm³/mol. The SMILES string of the molecule is CCCCCCCCC(=O)N[C@@H](NC(=S)Nc1ccc(C)cc1)C(Cl)(Cl)Cl. The number of anilines is 1. The van der Waals surface area contributed by atoms with Crippen molar-refractivity contribution >= 4 is 63.7 Å². The van der Waals surface area contributed by atoms with Crippen LogP contribution in [0.2, 0.25) is 0 Å². The van der Waals surface area contributed by atoms with Crippen molar-refractivity contribution in [2.75, 3.05) is 5.32 Å². The van der Waals surface area contributed by atoms with Crippen LogP contribution in [0, 0.1) is 6.92 Å². The summed E-state index contributed by atoms with van der Waals surface area (Å²) in [4.78, 5) is 12.2. The summed E-state index contributed by atoms with van der Waals surface area (Å²) in [7, 11) is 0. The Morgan fingerprint density at radius 3 is 2.22 bits per heavy atom. The van der Waals surface area contributed by atoms with E-state index in [0.29, 0.717) is 6.42 Å². The normalized spacial score (nSPS) is 12.3. The third-order valence-corrected chi connectivity index (χ3v) is 4.85. The number of hydrogen-bond acceptors (Lipinski definition) is 2. The van der Waals surface area contributed by atoms with E-state index in [-0.39, 0.29) is 11.0 Å². The molecule has 4 nitrogen and oxygen atoms in total. The van der Waals surface area contributed by atoms with Crippen LogP contribution in [0.15, 0.2) is 24.3 Å². The first-order chi connectivity index (χ1) is 12.7. The Kier molecular flexibility index (Phi) is 11.4. The van der Waals surface area contributed by atoms with Gasteiger partial charge in [0, 0.05) is 12.1 Å². The first-order valence-electron chi connectivity index (χ1n) is 9.22. The minimum Gasteiger partial charge on any atom is -0.339 e. The van der Waals surface area contributed by atoms with Gasteiger partial charge in [-0.3, -0.25) is 4.79 Å². The molecule has 0 radical (unpaired) electrons. The van der Waals surface area contributed by atoms with E-state index in [1.165, 1.54) is 19.3 Å². The zero-order valence-electron chi connectivity index (χ0n) is 15.8. The van der Waals surface area contributed by atoms with E-state index in [9.17, 15) is 4.79 Å². The van der Waals surface area contributed by atoms with Crippen molar-refractivity contribution in [3.63, 3.8) is 0 Å². The monoisotopic (exact) mass is 451 g/mol. The van der Waals surface area contributed by atoms with Crippen LogP contribution in [-0.4, -0.2) is 21.0 Å². The van der Waals surface area contributed by atoms with Crippen LogP contribution < -0.4 is 16.0 Å². The predicted octanol–water partition coefficient (Wildman–Crippen LogP) is 5.84. The van der Waals surface area contributed by atoms with Gasteiger partial charge in [0.1, 0.15) is 6.17 Å². The number of thiocarbonyl (C=S) groups is 1. The van der Waals surface area contributed by atoms with Crippen LogP contribution >= 0.6 is 47.0 Å². The zero-order chi connectivity index (χ0) is 20.3. The summed E-state index contributed by atoms with van der Waals surface area (Å²) in [6.45, 7) is 4.17. The maximum atomic E-state index is 12.2. The molecule has 0 bridgehead atoms. The summed E-state index contributed by atoms with van der Waals surface area (Å²) in [5.74, 6) is -0.174. The largest absolute Gasteiger partial charge is 0.339 e. The van der Waals surface area contributed by atoms with Crippen LogP contribution in [0.5, 0.6) is 0 Å². The molecular formula is C19H28Cl3N3OS. The highest BCUT2D eigenvalue weighted by Crippen LogP contribution is 2.29. The van der Waals surface area contributed by atoms with Gasteiger partial charge in [0.2, 0.25) is 9.70 Å². The maximum absolute atomic E-state index is 12.2. The second kappa shape index (κ2) is 12.7. The molecule has 1 aromatic carbocycles. The van der Waals surface area contributed by atoms with Gasteiger partial charge >= 0.3 is 0 Å². The Morgan fingerprint density at radius 2 is 1.63 bits per heavy atom. The number of benzene rings is 1. The van der Waals surface area contributed by atoms with E-state index >= 15 is 0 Å². The molecule has 0 aliphatic carbocycles. The van der Waals surface area contributed by atoms with Gasteiger partial charge in [-0.15, -0.1) is 0 Å². The average Bonchev–Trinajstić information content (AvgIpc) is 2.58. The molecule has 0 unspecified atom stereocenters. The second-order valence-electron chi connectivity index (χ2n) is 6.52. The molecule has 0 aliphatic rings. The molecule has 3 N–H and O–H groups in total. The summed E-state index contributed by atoms with van der Waals surface area (Å²) in [6, 6.07) is 7.70. The summed E-state index contributed by atoms with van der Waals surface area (Å²) < 4.78 is -1.74. The van der Waals surface area contributed by atoms with E-state index in [1.807, 2.05) is 31.2 Å². The lowest BCUT2D eigenvalue weighted by Crippen LogP contribution is -2.56. The second-order valence-corrected chi connectivity index (χ2v) is 9.30. The maximum Gasteiger partial charge on any atom is 0.228 e. The Morgan fingerprint density at radius 1 is 1.04 bits per heavy atom. The highest BCUT2D eigenvalue weighted by atomic mass is 35.6. The molecule has 0 spiro atoms. The minimum atomic E-state index is -1.74.